The third-order valence-electron chi connectivity index (χ3n) is 4.64. The molecule has 3 aromatic rings. The minimum atomic E-state index is -2.96. The van der Waals surface area contributed by atoms with Crippen molar-refractivity contribution in [3.63, 3.8) is 0 Å². The summed E-state index contributed by atoms with van der Waals surface area (Å²) in [7, 11) is 0. The van der Waals surface area contributed by atoms with E-state index in [9.17, 15) is 10.6 Å². The smallest absolute Gasteiger partial charge is 0.256 e. The van der Waals surface area contributed by atoms with Crippen LogP contribution in [0.25, 0.3) is 5.65 Å². The van der Waals surface area contributed by atoms with Crippen molar-refractivity contribution in [2.75, 3.05) is 11.4 Å². The molecular weight excluding hydrogens is 359 g/mol. The molecule has 1 amide bonds. The molecule has 5 rings (SSSR count). The molecule has 0 unspecified atom stereocenters. The fourth-order valence-electron chi connectivity index (χ4n) is 3.34. The third-order valence-corrected chi connectivity index (χ3v) is 4.64. The molecule has 7 nitrogen and oxygen atoms in total. The van der Waals surface area contributed by atoms with Gasteiger partial charge in [-0.05, 0) is 50.2 Å². The lowest BCUT2D eigenvalue weighted by Crippen LogP contribution is -2.33. The SMILES string of the molecule is [2H]C1([2H])c2ncc(F)cc2[C@@]2([2H])N(CCC2([2H])[2H])c2ccn3ncc(c3n2)C(=O)N[C@H](C)C1([2H])[2H]. The predicted molar refractivity (Wildman–Crippen MR) is 102 cm³/mol. The van der Waals surface area contributed by atoms with Crippen LogP contribution in [0.3, 0.4) is 0 Å². The van der Waals surface area contributed by atoms with E-state index in [1.807, 2.05) is 0 Å². The predicted octanol–water partition coefficient (Wildman–Crippen LogP) is 2.67. The quantitative estimate of drug-likeness (QED) is 0.642. The average Bonchev–Trinajstić information content (AvgIpc) is 3.31. The molecule has 0 aromatic carbocycles. The van der Waals surface area contributed by atoms with Gasteiger partial charge in [0.05, 0.1) is 19.8 Å². The van der Waals surface area contributed by atoms with Crippen LogP contribution in [-0.2, 0) is 6.37 Å². The van der Waals surface area contributed by atoms with Gasteiger partial charge in [0.1, 0.15) is 17.2 Å². The van der Waals surface area contributed by atoms with Crippen LogP contribution < -0.4 is 10.2 Å². The second-order valence-electron chi connectivity index (χ2n) is 6.55. The van der Waals surface area contributed by atoms with Crippen molar-refractivity contribution in [2.24, 2.45) is 0 Å². The van der Waals surface area contributed by atoms with Crippen LogP contribution in [0.4, 0.5) is 10.2 Å². The van der Waals surface area contributed by atoms with Gasteiger partial charge in [0.2, 0.25) is 0 Å². The summed E-state index contributed by atoms with van der Waals surface area (Å²) in [5.41, 5.74) is -1.00. The number of fused-ring (bicyclic) bond motifs is 5. The van der Waals surface area contributed by atoms with Crippen molar-refractivity contribution < 1.29 is 18.8 Å². The van der Waals surface area contributed by atoms with Crippen LogP contribution in [0.5, 0.6) is 0 Å². The van der Waals surface area contributed by atoms with Crippen molar-refractivity contribution in [1.29, 1.82) is 0 Å². The number of carbonyl (C=O) groups is 1. The van der Waals surface area contributed by atoms with Crippen LogP contribution in [0.15, 0.2) is 30.7 Å². The minimum absolute atomic E-state index is 0.00576. The van der Waals surface area contributed by atoms with E-state index in [2.05, 4.69) is 20.4 Å². The van der Waals surface area contributed by atoms with Gasteiger partial charge in [0.15, 0.2) is 5.65 Å². The second-order valence-corrected chi connectivity index (χ2v) is 6.55. The maximum absolute atomic E-state index is 14.5. The molecule has 2 aliphatic rings. The number of hydrogen-bond donors (Lipinski definition) is 1. The zero-order valence-electron chi connectivity index (χ0n) is 21.9. The van der Waals surface area contributed by atoms with E-state index in [0.29, 0.717) is 6.20 Å². The van der Waals surface area contributed by atoms with Gasteiger partial charge in [-0.2, -0.15) is 5.10 Å². The normalized spacial score (nSPS) is 33.9. The molecule has 28 heavy (non-hydrogen) atoms. The van der Waals surface area contributed by atoms with Crippen LogP contribution in [0.1, 0.15) is 63.3 Å². The van der Waals surface area contributed by atoms with Gasteiger partial charge in [-0.15, -0.1) is 0 Å². The number of pyridine rings is 1. The molecule has 0 saturated carbocycles. The van der Waals surface area contributed by atoms with E-state index in [-0.39, 0.29) is 30.0 Å². The summed E-state index contributed by atoms with van der Waals surface area (Å²) in [5.74, 6) is -1.58. The molecule has 2 atom stereocenters. The van der Waals surface area contributed by atoms with E-state index >= 15 is 0 Å². The number of rotatable bonds is 0. The first-order valence-electron chi connectivity index (χ1n) is 12.3. The van der Waals surface area contributed by atoms with Gasteiger partial charge in [-0.25, -0.2) is 13.9 Å². The summed E-state index contributed by atoms with van der Waals surface area (Å²) < 4.78 is 77.1. The van der Waals surface area contributed by atoms with Crippen LogP contribution in [0.2, 0.25) is 0 Å². The first kappa shape index (κ1) is 11.1. The molecule has 2 aliphatic heterocycles. The highest BCUT2D eigenvalue weighted by atomic mass is 19.1. The maximum Gasteiger partial charge on any atom is 0.256 e. The highest BCUT2D eigenvalue weighted by Crippen LogP contribution is 2.37. The number of halogens is 1. The Bertz CT molecular complexity index is 1360. The first-order valence-corrected chi connectivity index (χ1v) is 8.81. The zero-order valence-corrected chi connectivity index (χ0v) is 14.9. The minimum Gasteiger partial charge on any atom is -0.349 e. The van der Waals surface area contributed by atoms with Gasteiger partial charge < -0.3 is 10.2 Å². The molecule has 0 spiro atoms. The van der Waals surface area contributed by atoms with E-state index in [1.54, 1.807) is 0 Å². The Morgan fingerprint density at radius 1 is 1.39 bits per heavy atom. The van der Waals surface area contributed by atoms with E-state index in [1.165, 1.54) is 34.8 Å². The lowest BCUT2D eigenvalue weighted by molar-refractivity contribution is 0.0940. The fourth-order valence-corrected chi connectivity index (χ4v) is 3.34. The van der Waals surface area contributed by atoms with Gasteiger partial charge in [-0.1, -0.05) is 0 Å². The average molecular weight is 387 g/mol. The standard InChI is InChI=1S/C20H21FN6O/c1-12-4-5-16-14(9-13(21)10-22-16)17-3-2-7-26(17)18-6-8-27-19(25-18)15(11-23-27)20(28)24-12/h6,8-12,17H,2-5,7H2,1H3,(H,24,28)/t12-,17+/m1/s1/i3D2,4D2,5D2,17D. The van der Waals surface area contributed by atoms with E-state index in [0.717, 1.165) is 6.07 Å². The van der Waals surface area contributed by atoms with Crippen molar-refractivity contribution in [2.45, 2.75) is 44.5 Å². The summed E-state index contributed by atoms with van der Waals surface area (Å²) in [5, 5.41) is 6.53. The summed E-state index contributed by atoms with van der Waals surface area (Å²) >= 11 is 0. The Labute approximate surface area is 171 Å². The van der Waals surface area contributed by atoms with Gasteiger partial charge in [0, 0.05) is 32.7 Å². The van der Waals surface area contributed by atoms with Crippen molar-refractivity contribution in [1.82, 2.24) is 24.9 Å². The van der Waals surface area contributed by atoms with Crippen LogP contribution in [-0.4, -0.2) is 38.1 Å². The Balaban J connectivity index is 1.89. The molecule has 2 bridgehead atoms. The summed E-state index contributed by atoms with van der Waals surface area (Å²) in [6.07, 6.45) is -4.84. The largest absolute Gasteiger partial charge is 0.349 e. The highest BCUT2D eigenvalue weighted by Gasteiger charge is 2.31. The van der Waals surface area contributed by atoms with Crippen LogP contribution in [0, 0.1) is 5.82 Å². The first-order chi connectivity index (χ1) is 16.2. The molecule has 1 saturated heterocycles. The van der Waals surface area contributed by atoms with Crippen molar-refractivity contribution in [3.05, 3.63) is 53.4 Å². The van der Waals surface area contributed by atoms with Crippen molar-refractivity contribution >= 4 is 17.4 Å². The molecule has 1 N–H and O–H groups in total. The molecule has 0 radical (unpaired) electrons. The Morgan fingerprint density at radius 2 is 2.29 bits per heavy atom. The number of amides is 1. The topological polar surface area (TPSA) is 75.4 Å². The Kier molecular flexibility index (Phi) is 2.59. The number of hydrogen-bond acceptors (Lipinski definition) is 5. The summed E-state index contributed by atoms with van der Waals surface area (Å²) in [4.78, 5) is 22.6. The third kappa shape index (κ3) is 2.80. The second kappa shape index (κ2) is 6.54. The summed E-state index contributed by atoms with van der Waals surface area (Å²) in [6, 6.07) is -1.54. The Morgan fingerprint density at radius 3 is 3.18 bits per heavy atom. The molecule has 0 aliphatic carbocycles. The number of anilines is 1. The van der Waals surface area contributed by atoms with Crippen molar-refractivity contribution in [3.8, 4) is 0 Å². The van der Waals surface area contributed by atoms with E-state index < -0.39 is 54.2 Å². The molecular formula is C20H21FN6O. The molecule has 8 heteroatoms. The lowest BCUT2D eigenvalue weighted by Gasteiger charge is -2.27. The number of aryl methyl sites for hydroxylation is 1. The summed E-state index contributed by atoms with van der Waals surface area (Å²) in [6.45, 7) is 1.25. The molecule has 1 fully saturated rings. The Hall–Kier alpha value is -3.03. The number of nitrogens with one attached hydrogen (secondary N) is 1. The molecule has 144 valence electrons. The maximum atomic E-state index is 14.5. The monoisotopic (exact) mass is 387 g/mol. The lowest BCUT2D eigenvalue weighted by atomic mass is 9.98. The fraction of sp³-hybridized carbons (Fsp3) is 0.400. The number of aromatic nitrogens is 4. The molecule has 5 heterocycles. The number of nitrogens with zero attached hydrogens (tertiary/aromatic N) is 5. The zero-order chi connectivity index (χ0) is 25.6. The highest BCUT2D eigenvalue weighted by molar-refractivity contribution is 5.99. The van der Waals surface area contributed by atoms with Gasteiger partial charge in [-0.3, -0.25) is 9.78 Å². The molecule has 3 aromatic heterocycles. The van der Waals surface area contributed by atoms with Gasteiger partial charge in [0.25, 0.3) is 5.91 Å². The van der Waals surface area contributed by atoms with Crippen LogP contribution >= 0.6 is 0 Å². The van der Waals surface area contributed by atoms with Gasteiger partial charge >= 0.3 is 0 Å². The number of carbonyl (C=O) groups excluding carboxylic acids is 1. The van der Waals surface area contributed by atoms with E-state index in [4.69, 9.17) is 8.22 Å².